The second-order valence-electron chi connectivity index (χ2n) is 8.07. The monoisotopic (exact) mass is 504 g/mol. The van der Waals surface area contributed by atoms with Crippen LogP contribution in [0.4, 0.5) is 10.6 Å². The van der Waals surface area contributed by atoms with Crippen molar-refractivity contribution in [3.63, 3.8) is 0 Å². The number of hydrogen-bond donors (Lipinski definition) is 3. The highest BCUT2D eigenvalue weighted by atomic mass is 32.1. The number of aromatic nitrogens is 3. The average molecular weight is 505 g/mol. The topological polar surface area (TPSA) is 118 Å². The SMILES string of the molecule is CCNC(=O)Nc1cc(-c2nc(CC)cs2)c(-c2ccc3c(c2)c(=O)c(C(=O)NC)cn3CC)cn1. The van der Waals surface area contributed by atoms with Crippen molar-refractivity contribution in [2.75, 3.05) is 18.9 Å². The first-order chi connectivity index (χ1) is 17.4. The van der Waals surface area contributed by atoms with E-state index >= 15 is 0 Å². The Morgan fingerprint density at radius 2 is 1.92 bits per heavy atom. The van der Waals surface area contributed by atoms with E-state index in [1.165, 1.54) is 18.4 Å². The average Bonchev–Trinajstić information content (AvgIpc) is 3.38. The Kier molecular flexibility index (Phi) is 7.44. The number of carbonyl (C=O) groups excluding carboxylic acids is 2. The maximum atomic E-state index is 13.3. The molecule has 4 rings (SSSR count). The molecule has 3 amide bonds. The lowest BCUT2D eigenvalue weighted by atomic mass is 9.99. The van der Waals surface area contributed by atoms with Crippen LogP contribution in [-0.4, -0.2) is 40.1 Å². The van der Waals surface area contributed by atoms with Crippen LogP contribution in [0.1, 0.15) is 36.8 Å². The number of urea groups is 1. The Morgan fingerprint density at radius 1 is 1.11 bits per heavy atom. The van der Waals surface area contributed by atoms with Gasteiger partial charge in [0.2, 0.25) is 5.43 Å². The fraction of sp³-hybridized carbons (Fsp3) is 0.269. The van der Waals surface area contributed by atoms with Crippen molar-refractivity contribution < 1.29 is 9.59 Å². The van der Waals surface area contributed by atoms with Crippen LogP contribution in [0, 0.1) is 0 Å². The third-order valence-electron chi connectivity index (χ3n) is 5.83. The third kappa shape index (κ3) is 4.85. The van der Waals surface area contributed by atoms with Crippen LogP contribution in [0.2, 0.25) is 0 Å². The molecule has 9 nitrogen and oxygen atoms in total. The summed E-state index contributed by atoms with van der Waals surface area (Å²) in [5, 5.41) is 11.2. The van der Waals surface area contributed by atoms with Crippen LogP contribution >= 0.6 is 11.3 Å². The fourth-order valence-corrected chi connectivity index (χ4v) is 4.90. The molecule has 3 N–H and O–H groups in total. The van der Waals surface area contributed by atoms with Gasteiger partial charge in [-0.2, -0.15) is 0 Å². The van der Waals surface area contributed by atoms with E-state index in [0.717, 1.165) is 39.3 Å². The molecule has 0 saturated heterocycles. The molecule has 1 aromatic carbocycles. The van der Waals surface area contributed by atoms with Crippen LogP contribution in [0.25, 0.3) is 32.6 Å². The third-order valence-corrected chi connectivity index (χ3v) is 6.76. The van der Waals surface area contributed by atoms with E-state index in [0.29, 0.717) is 24.3 Å². The number of nitrogens with zero attached hydrogens (tertiary/aromatic N) is 3. The first-order valence-electron chi connectivity index (χ1n) is 11.8. The summed E-state index contributed by atoms with van der Waals surface area (Å²) in [6, 6.07) is 7.05. The van der Waals surface area contributed by atoms with Crippen molar-refractivity contribution in [2.45, 2.75) is 33.7 Å². The van der Waals surface area contributed by atoms with Gasteiger partial charge < -0.3 is 15.2 Å². The first-order valence-corrected chi connectivity index (χ1v) is 12.7. The largest absolute Gasteiger partial charge is 0.355 e. The van der Waals surface area contributed by atoms with Gasteiger partial charge in [0.05, 0.1) is 11.2 Å². The van der Waals surface area contributed by atoms with Gasteiger partial charge >= 0.3 is 6.03 Å². The Hall–Kier alpha value is -4.05. The van der Waals surface area contributed by atoms with Crippen molar-refractivity contribution in [2.24, 2.45) is 0 Å². The summed E-state index contributed by atoms with van der Waals surface area (Å²) in [6.45, 7) is 6.94. The summed E-state index contributed by atoms with van der Waals surface area (Å²) in [6.07, 6.45) is 4.07. The molecule has 0 aliphatic carbocycles. The Labute approximate surface area is 212 Å². The number of carbonyl (C=O) groups is 2. The van der Waals surface area contributed by atoms with Gasteiger partial charge in [0.1, 0.15) is 16.4 Å². The predicted molar refractivity (Wildman–Crippen MR) is 144 cm³/mol. The molecule has 3 heterocycles. The van der Waals surface area contributed by atoms with Crippen LogP contribution < -0.4 is 21.4 Å². The zero-order valence-corrected chi connectivity index (χ0v) is 21.5. The van der Waals surface area contributed by atoms with Gasteiger partial charge in [-0.25, -0.2) is 14.8 Å². The number of rotatable bonds is 7. The Morgan fingerprint density at radius 3 is 2.58 bits per heavy atom. The lowest BCUT2D eigenvalue weighted by molar-refractivity contribution is 0.0961. The summed E-state index contributed by atoms with van der Waals surface area (Å²) in [4.78, 5) is 46.9. The van der Waals surface area contributed by atoms with Crippen LogP contribution in [-0.2, 0) is 13.0 Å². The number of nitrogens with one attached hydrogen (secondary N) is 3. The number of thiazole rings is 1. The fourth-order valence-electron chi connectivity index (χ4n) is 3.97. The minimum Gasteiger partial charge on any atom is -0.355 e. The van der Waals surface area contributed by atoms with Crippen LogP contribution in [0.3, 0.4) is 0 Å². The molecule has 4 aromatic rings. The summed E-state index contributed by atoms with van der Waals surface area (Å²) in [5.41, 5.74) is 3.79. The van der Waals surface area contributed by atoms with Crippen LogP contribution in [0.15, 0.2) is 46.8 Å². The van der Waals surface area contributed by atoms with E-state index in [1.807, 2.05) is 42.9 Å². The summed E-state index contributed by atoms with van der Waals surface area (Å²) < 4.78 is 1.89. The molecule has 10 heteroatoms. The number of amides is 3. The molecule has 0 aliphatic rings. The quantitative estimate of drug-likeness (QED) is 0.347. The number of hydrogen-bond acceptors (Lipinski definition) is 6. The van der Waals surface area contributed by atoms with Crippen molar-refractivity contribution >= 4 is 40.0 Å². The van der Waals surface area contributed by atoms with E-state index in [2.05, 4.69) is 20.9 Å². The minimum atomic E-state index is -0.424. The first kappa shape index (κ1) is 25.1. The van der Waals surface area contributed by atoms with E-state index in [-0.39, 0.29) is 17.0 Å². The summed E-state index contributed by atoms with van der Waals surface area (Å²) in [5.74, 6) is -0.0310. The highest BCUT2D eigenvalue weighted by Crippen LogP contribution is 2.36. The molecule has 0 atom stereocenters. The van der Waals surface area contributed by atoms with Crippen molar-refractivity contribution in [1.29, 1.82) is 0 Å². The zero-order chi connectivity index (χ0) is 25.8. The summed E-state index contributed by atoms with van der Waals surface area (Å²) >= 11 is 1.51. The van der Waals surface area contributed by atoms with Crippen molar-refractivity contribution in [3.05, 3.63) is 63.5 Å². The highest BCUT2D eigenvalue weighted by Gasteiger charge is 2.18. The van der Waals surface area contributed by atoms with Gasteiger partial charge in [0.25, 0.3) is 5.91 Å². The molecule has 186 valence electrons. The Bertz CT molecular complexity index is 1510. The van der Waals surface area contributed by atoms with Gasteiger partial charge in [-0.05, 0) is 44.0 Å². The van der Waals surface area contributed by atoms with Gasteiger partial charge in [0, 0.05) is 54.4 Å². The molecule has 0 aliphatic heterocycles. The second kappa shape index (κ2) is 10.7. The van der Waals surface area contributed by atoms with Gasteiger partial charge in [-0.3, -0.25) is 14.9 Å². The number of fused-ring (bicyclic) bond motifs is 1. The van der Waals surface area contributed by atoms with Gasteiger partial charge in [-0.1, -0.05) is 13.0 Å². The second-order valence-corrected chi connectivity index (χ2v) is 8.92. The lowest BCUT2D eigenvalue weighted by Gasteiger charge is -2.14. The molecule has 0 fully saturated rings. The number of anilines is 1. The molecule has 0 unspecified atom stereocenters. The molecule has 0 bridgehead atoms. The zero-order valence-electron chi connectivity index (χ0n) is 20.6. The van der Waals surface area contributed by atoms with E-state index < -0.39 is 5.91 Å². The predicted octanol–water partition coefficient (Wildman–Crippen LogP) is 4.27. The Balaban J connectivity index is 1.91. The van der Waals surface area contributed by atoms with Crippen molar-refractivity contribution in [1.82, 2.24) is 25.2 Å². The molecule has 3 aromatic heterocycles. The molecule has 0 radical (unpaired) electrons. The molecule has 0 spiro atoms. The van der Waals surface area contributed by atoms with E-state index in [9.17, 15) is 14.4 Å². The van der Waals surface area contributed by atoms with Crippen LogP contribution in [0.5, 0.6) is 0 Å². The summed E-state index contributed by atoms with van der Waals surface area (Å²) in [7, 11) is 1.51. The molecular weight excluding hydrogens is 476 g/mol. The minimum absolute atomic E-state index is 0.0938. The maximum absolute atomic E-state index is 13.3. The molecule has 0 saturated carbocycles. The highest BCUT2D eigenvalue weighted by molar-refractivity contribution is 7.13. The number of benzene rings is 1. The van der Waals surface area contributed by atoms with Crippen molar-refractivity contribution in [3.8, 4) is 21.7 Å². The smallest absolute Gasteiger partial charge is 0.320 e. The number of pyridine rings is 2. The van der Waals surface area contributed by atoms with E-state index in [4.69, 9.17) is 4.98 Å². The molecular formula is C26H28N6O3S. The van der Waals surface area contributed by atoms with Gasteiger partial charge in [0.15, 0.2) is 0 Å². The standard InChI is InChI=1S/C26H28N6O3S/c1-5-16-14-36-25(30-16)17-11-22(31-26(35)28-6-2)29-12-19(17)15-8-9-21-18(10-15)23(33)20(24(34)27-4)13-32(21)7-3/h8-14H,5-7H2,1-4H3,(H,27,34)(H2,28,29,31,35). The van der Waals surface area contributed by atoms with E-state index in [1.54, 1.807) is 24.5 Å². The van der Waals surface area contributed by atoms with Gasteiger partial charge in [-0.15, -0.1) is 11.3 Å². The number of aryl methyl sites for hydroxylation is 2. The molecule has 36 heavy (non-hydrogen) atoms. The lowest BCUT2D eigenvalue weighted by Crippen LogP contribution is -2.28. The maximum Gasteiger partial charge on any atom is 0.320 e. The normalized spacial score (nSPS) is 10.9.